The summed E-state index contributed by atoms with van der Waals surface area (Å²) in [5.41, 5.74) is 1.15. The highest BCUT2D eigenvalue weighted by atomic mass is 35.5. The zero-order valence-corrected chi connectivity index (χ0v) is 10.8. The van der Waals surface area contributed by atoms with Crippen LogP contribution in [0.15, 0.2) is 18.2 Å². The van der Waals surface area contributed by atoms with Crippen LogP contribution in [-0.2, 0) is 0 Å². The van der Waals surface area contributed by atoms with Gasteiger partial charge in [0.1, 0.15) is 6.29 Å². The van der Waals surface area contributed by atoms with Crippen LogP contribution in [0.5, 0.6) is 0 Å². The number of alkyl halides is 3. The molecule has 0 unspecified atom stereocenters. The number of carbonyl (C=O) groups is 1. The quantitative estimate of drug-likeness (QED) is 0.770. The maximum Gasteiger partial charge on any atom is 0.391 e. The number of nitrogens with zero attached hydrogens (tertiary/aromatic N) is 1. The number of benzene rings is 1. The monoisotopic (exact) mass is 291 g/mol. The number of aldehydes is 1. The summed E-state index contributed by atoms with van der Waals surface area (Å²) in [6.45, 7) is 0.647. The van der Waals surface area contributed by atoms with Gasteiger partial charge >= 0.3 is 6.18 Å². The molecule has 0 N–H and O–H groups in total. The maximum atomic E-state index is 12.6. The topological polar surface area (TPSA) is 20.3 Å². The summed E-state index contributed by atoms with van der Waals surface area (Å²) >= 11 is 6.05. The normalized spacial score (nSPS) is 17.6. The maximum absolute atomic E-state index is 12.6. The molecule has 0 aliphatic carbocycles. The largest absolute Gasteiger partial charge is 0.391 e. The highest BCUT2D eigenvalue weighted by Crippen LogP contribution is 2.37. The van der Waals surface area contributed by atoms with Gasteiger partial charge in [-0.05, 0) is 31.0 Å². The van der Waals surface area contributed by atoms with Gasteiger partial charge in [0, 0.05) is 18.7 Å². The molecular formula is C13H13ClF3NO. The van der Waals surface area contributed by atoms with Gasteiger partial charge in [0.25, 0.3) is 0 Å². The SMILES string of the molecule is O=Cc1ccc(N2CCC(C(F)(F)F)CC2)c(Cl)c1. The Kier molecular flexibility index (Phi) is 4.04. The molecule has 0 atom stereocenters. The van der Waals surface area contributed by atoms with E-state index in [1.165, 1.54) is 6.07 Å². The second-order valence-electron chi connectivity index (χ2n) is 4.63. The molecule has 2 rings (SSSR count). The standard InChI is InChI=1S/C13H13ClF3NO/c14-11-7-9(8-19)1-2-12(11)18-5-3-10(4-6-18)13(15,16)17/h1-2,7-8,10H,3-6H2. The first-order chi connectivity index (χ1) is 8.91. The van der Waals surface area contributed by atoms with Crippen molar-refractivity contribution in [2.24, 2.45) is 5.92 Å². The van der Waals surface area contributed by atoms with Gasteiger partial charge in [0.15, 0.2) is 0 Å². The van der Waals surface area contributed by atoms with Crippen molar-refractivity contribution in [2.45, 2.75) is 19.0 Å². The van der Waals surface area contributed by atoms with E-state index in [-0.39, 0.29) is 12.8 Å². The third-order valence-electron chi connectivity index (χ3n) is 3.41. The molecule has 2 nitrogen and oxygen atoms in total. The Bertz CT molecular complexity index is 467. The van der Waals surface area contributed by atoms with Gasteiger partial charge in [0.05, 0.1) is 16.6 Å². The summed E-state index contributed by atoms with van der Waals surface area (Å²) in [4.78, 5) is 12.4. The highest BCUT2D eigenvalue weighted by Gasteiger charge is 2.41. The number of hydrogen-bond acceptors (Lipinski definition) is 2. The van der Waals surface area contributed by atoms with E-state index in [9.17, 15) is 18.0 Å². The lowest BCUT2D eigenvalue weighted by atomic mass is 9.96. The second-order valence-corrected chi connectivity index (χ2v) is 5.04. The zero-order valence-electron chi connectivity index (χ0n) is 10.1. The average molecular weight is 292 g/mol. The van der Waals surface area contributed by atoms with Gasteiger partial charge in [-0.2, -0.15) is 13.2 Å². The van der Waals surface area contributed by atoms with Crippen LogP contribution >= 0.6 is 11.6 Å². The van der Waals surface area contributed by atoms with Crippen LogP contribution in [0.25, 0.3) is 0 Å². The summed E-state index contributed by atoms with van der Waals surface area (Å²) in [7, 11) is 0. The molecule has 1 aliphatic heterocycles. The number of rotatable bonds is 2. The zero-order chi connectivity index (χ0) is 14.0. The summed E-state index contributed by atoms with van der Waals surface area (Å²) < 4.78 is 37.7. The van der Waals surface area contributed by atoms with Crippen LogP contribution < -0.4 is 4.90 Å². The van der Waals surface area contributed by atoms with Crippen LogP contribution in [0.1, 0.15) is 23.2 Å². The van der Waals surface area contributed by atoms with E-state index in [1.807, 2.05) is 4.90 Å². The van der Waals surface area contributed by atoms with Crippen molar-refractivity contribution >= 4 is 23.6 Å². The number of carbonyl (C=O) groups excluding carboxylic acids is 1. The van der Waals surface area contributed by atoms with Crippen molar-refractivity contribution in [3.05, 3.63) is 28.8 Å². The number of anilines is 1. The Hall–Kier alpha value is -1.23. The summed E-state index contributed by atoms with van der Waals surface area (Å²) in [5, 5.41) is 0.398. The number of hydrogen-bond donors (Lipinski definition) is 0. The van der Waals surface area contributed by atoms with Crippen LogP contribution in [0.4, 0.5) is 18.9 Å². The molecular weight excluding hydrogens is 279 g/mol. The minimum Gasteiger partial charge on any atom is -0.370 e. The van der Waals surface area contributed by atoms with Crippen molar-refractivity contribution in [3.63, 3.8) is 0 Å². The van der Waals surface area contributed by atoms with Crippen molar-refractivity contribution in [1.29, 1.82) is 0 Å². The first kappa shape index (κ1) is 14.2. The van der Waals surface area contributed by atoms with Crippen molar-refractivity contribution in [1.82, 2.24) is 0 Å². The molecule has 19 heavy (non-hydrogen) atoms. The molecule has 0 bridgehead atoms. The lowest BCUT2D eigenvalue weighted by Crippen LogP contribution is -2.39. The molecule has 1 heterocycles. The van der Waals surface area contributed by atoms with Gasteiger partial charge in [-0.15, -0.1) is 0 Å². The molecule has 104 valence electrons. The molecule has 1 aliphatic rings. The second kappa shape index (κ2) is 5.41. The Balaban J connectivity index is 2.08. The average Bonchev–Trinajstić information content (AvgIpc) is 2.37. The fourth-order valence-corrected chi connectivity index (χ4v) is 2.61. The van der Waals surface area contributed by atoms with Crippen LogP contribution in [-0.4, -0.2) is 25.6 Å². The predicted molar refractivity (Wildman–Crippen MR) is 67.8 cm³/mol. The third-order valence-corrected chi connectivity index (χ3v) is 3.71. The van der Waals surface area contributed by atoms with Crippen molar-refractivity contribution in [3.8, 4) is 0 Å². The van der Waals surface area contributed by atoms with E-state index in [4.69, 9.17) is 11.6 Å². The Morgan fingerprint density at radius 3 is 2.37 bits per heavy atom. The first-order valence-corrected chi connectivity index (χ1v) is 6.36. The molecule has 0 aromatic heterocycles. The molecule has 1 aromatic carbocycles. The summed E-state index contributed by atoms with van der Waals surface area (Å²) in [5.74, 6) is -1.23. The van der Waals surface area contributed by atoms with Crippen molar-refractivity contribution < 1.29 is 18.0 Å². The summed E-state index contributed by atoms with van der Waals surface area (Å²) in [6, 6.07) is 4.82. The molecule has 0 amide bonds. The minimum absolute atomic E-state index is 0.0786. The first-order valence-electron chi connectivity index (χ1n) is 5.98. The molecule has 1 saturated heterocycles. The van der Waals surface area contributed by atoms with Crippen LogP contribution in [0.3, 0.4) is 0 Å². The van der Waals surface area contributed by atoms with E-state index < -0.39 is 12.1 Å². The van der Waals surface area contributed by atoms with E-state index >= 15 is 0 Å². The molecule has 1 fully saturated rings. The van der Waals surface area contributed by atoms with E-state index in [0.717, 1.165) is 0 Å². The van der Waals surface area contributed by atoms with Crippen LogP contribution in [0.2, 0.25) is 5.02 Å². The fourth-order valence-electron chi connectivity index (χ4n) is 2.30. The van der Waals surface area contributed by atoms with E-state index in [0.29, 0.717) is 35.6 Å². The van der Waals surface area contributed by atoms with Crippen LogP contribution in [0, 0.1) is 5.92 Å². The molecule has 0 saturated carbocycles. The van der Waals surface area contributed by atoms with Gasteiger partial charge in [-0.1, -0.05) is 11.6 Å². The van der Waals surface area contributed by atoms with Crippen molar-refractivity contribution in [2.75, 3.05) is 18.0 Å². The lowest BCUT2D eigenvalue weighted by molar-refractivity contribution is -0.179. The third kappa shape index (κ3) is 3.21. The Morgan fingerprint density at radius 1 is 1.26 bits per heavy atom. The van der Waals surface area contributed by atoms with E-state index in [1.54, 1.807) is 12.1 Å². The lowest BCUT2D eigenvalue weighted by Gasteiger charge is -2.34. The smallest absolute Gasteiger partial charge is 0.370 e. The number of halogens is 4. The highest BCUT2D eigenvalue weighted by molar-refractivity contribution is 6.33. The molecule has 6 heteroatoms. The number of piperidine rings is 1. The van der Waals surface area contributed by atoms with E-state index in [2.05, 4.69) is 0 Å². The molecule has 1 aromatic rings. The van der Waals surface area contributed by atoms with Gasteiger partial charge < -0.3 is 4.90 Å². The molecule has 0 spiro atoms. The van der Waals surface area contributed by atoms with Gasteiger partial charge in [0.2, 0.25) is 0 Å². The minimum atomic E-state index is -4.11. The summed E-state index contributed by atoms with van der Waals surface area (Å²) in [6.07, 6.45) is -3.27. The molecule has 0 radical (unpaired) electrons. The Morgan fingerprint density at radius 2 is 1.89 bits per heavy atom. The van der Waals surface area contributed by atoms with Gasteiger partial charge in [-0.3, -0.25) is 4.79 Å². The predicted octanol–water partition coefficient (Wildman–Crippen LogP) is 3.93. The fraction of sp³-hybridized carbons (Fsp3) is 0.462. The Labute approximate surface area is 114 Å². The van der Waals surface area contributed by atoms with Gasteiger partial charge in [-0.25, -0.2) is 0 Å².